The first kappa shape index (κ1) is 16.5. The summed E-state index contributed by atoms with van der Waals surface area (Å²) in [5.74, 6) is 0.850. The predicted octanol–water partition coefficient (Wildman–Crippen LogP) is 2.55. The molecule has 8 heteroatoms. The molecule has 4 rings (SSSR count). The normalized spacial score (nSPS) is 17.4. The highest BCUT2D eigenvalue weighted by molar-refractivity contribution is 5.93. The fourth-order valence-corrected chi connectivity index (χ4v) is 2.94. The van der Waals surface area contributed by atoms with E-state index in [4.69, 9.17) is 13.7 Å². The van der Waals surface area contributed by atoms with Crippen molar-refractivity contribution >= 4 is 5.91 Å². The van der Waals surface area contributed by atoms with Crippen LogP contribution < -0.4 is 0 Å². The molecule has 3 aromatic rings. The van der Waals surface area contributed by atoms with Gasteiger partial charge in [-0.05, 0) is 31.0 Å². The Bertz CT molecular complexity index is 847. The van der Waals surface area contributed by atoms with E-state index in [9.17, 15) is 4.79 Å². The first-order valence-electron chi connectivity index (χ1n) is 8.45. The number of hydrogen-bond acceptors (Lipinski definition) is 7. The lowest BCUT2D eigenvalue weighted by molar-refractivity contribution is -0.0153. The van der Waals surface area contributed by atoms with Gasteiger partial charge in [-0.1, -0.05) is 5.16 Å². The van der Waals surface area contributed by atoms with E-state index in [0.29, 0.717) is 23.8 Å². The molecule has 3 aromatic heterocycles. The van der Waals surface area contributed by atoms with E-state index in [-0.39, 0.29) is 18.6 Å². The number of carbonyl (C=O) groups excluding carboxylic acids is 1. The summed E-state index contributed by atoms with van der Waals surface area (Å²) in [5.41, 5.74) is 1.35. The molecule has 0 radical (unpaired) electrons. The van der Waals surface area contributed by atoms with Crippen molar-refractivity contribution in [1.82, 2.24) is 20.0 Å². The molecule has 0 aromatic carbocycles. The fraction of sp³-hybridized carbons (Fsp3) is 0.333. The summed E-state index contributed by atoms with van der Waals surface area (Å²) in [4.78, 5) is 22.6. The Morgan fingerprint density at radius 2 is 2.35 bits per heavy atom. The number of ether oxygens (including phenoxy) is 1. The summed E-state index contributed by atoms with van der Waals surface area (Å²) >= 11 is 0. The van der Waals surface area contributed by atoms with Crippen molar-refractivity contribution in [2.45, 2.75) is 25.6 Å². The summed E-state index contributed by atoms with van der Waals surface area (Å²) in [6.07, 6.45) is 8.04. The third-order valence-corrected chi connectivity index (χ3v) is 4.26. The van der Waals surface area contributed by atoms with Crippen molar-refractivity contribution in [2.24, 2.45) is 0 Å². The monoisotopic (exact) mass is 354 g/mol. The van der Waals surface area contributed by atoms with Crippen LogP contribution in [0.5, 0.6) is 0 Å². The van der Waals surface area contributed by atoms with Gasteiger partial charge in [0.2, 0.25) is 5.82 Å². The number of rotatable bonds is 5. The minimum atomic E-state index is -0.0617. The molecule has 134 valence electrons. The van der Waals surface area contributed by atoms with Crippen LogP contribution in [0.1, 0.15) is 29.1 Å². The van der Waals surface area contributed by atoms with Crippen molar-refractivity contribution in [3.8, 4) is 11.4 Å². The largest absolute Gasteiger partial charge is 0.472 e. The van der Waals surface area contributed by atoms with Gasteiger partial charge < -0.3 is 18.6 Å². The molecular formula is C18H18N4O4. The molecule has 1 fully saturated rings. The zero-order chi connectivity index (χ0) is 17.8. The second kappa shape index (κ2) is 7.49. The van der Waals surface area contributed by atoms with E-state index in [1.807, 2.05) is 12.1 Å². The third-order valence-electron chi connectivity index (χ3n) is 4.26. The van der Waals surface area contributed by atoms with E-state index in [1.54, 1.807) is 23.4 Å². The van der Waals surface area contributed by atoms with Gasteiger partial charge in [-0.15, -0.1) is 0 Å². The molecule has 0 N–H and O–H groups in total. The van der Waals surface area contributed by atoms with Crippen LogP contribution in [0.15, 0.2) is 52.1 Å². The fourth-order valence-electron chi connectivity index (χ4n) is 2.94. The van der Waals surface area contributed by atoms with Crippen LogP contribution in [0, 0.1) is 0 Å². The van der Waals surface area contributed by atoms with E-state index in [2.05, 4.69) is 15.1 Å². The molecule has 0 unspecified atom stereocenters. The second-order valence-corrected chi connectivity index (χ2v) is 6.09. The molecule has 1 amide bonds. The van der Waals surface area contributed by atoms with Crippen molar-refractivity contribution in [3.63, 3.8) is 0 Å². The summed E-state index contributed by atoms with van der Waals surface area (Å²) in [6.45, 7) is 1.47. The Hall–Kier alpha value is -3.00. The summed E-state index contributed by atoms with van der Waals surface area (Å²) in [5, 5.41) is 3.95. The SMILES string of the molecule is O=C(c1ccoc1)N1CCC[C@H](OCc2nc(-c3cccnc3)no2)C1. The zero-order valence-electron chi connectivity index (χ0n) is 14.1. The van der Waals surface area contributed by atoms with Gasteiger partial charge in [0, 0.05) is 31.0 Å². The van der Waals surface area contributed by atoms with Gasteiger partial charge in [0.15, 0.2) is 0 Å². The molecule has 0 bridgehead atoms. The zero-order valence-corrected chi connectivity index (χ0v) is 14.1. The van der Waals surface area contributed by atoms with Crippen LogP contribution in [0.2, 0.25) is 0 Å². The first-order chi connectivity index (χ1) is 12.8. The number of amides is 1. The number of likely N-dealkylation sites (tertiary alicyclic amines) is 1. The number of pyridine rings is 1. The highest BCUT2D eigenvalue weighted by Crippen LogP contribution is 2.19. The van der Waals surface area contributed by atoms with Crippen molar-refractivity contribution in [2.75, 3.05) is 13.1 Å². The first-order valence-corrected chi connectivity index (χ1v) is 8.45. The molecule has 0 spiro atoms. The number of piperidine rings is 1. The number of furan rings is 1. The standard InChI is InChI=1S/C18H18N4O4/c23-18(14-5-8-24-11-14)22-7-2-4-15(10-22)25-12-16-20-17(21-26-16)13-3-1-6-19-9-13/h1,3,5-6,8-9,11,15H,2,4,7,10,12H2/t15-/m0/s1. The maximum atomic E-state index is 12.4. The van der Waals surface area contributed by atoms with Crippen LogP contribution in [-0.2, 0) is 11.3 Å². The Kier molecular flexibility index (Phi) is 4.74. The van der Waals surface area contributed by atoms with Gasteiger partial charge in [-0.3, -0.25) is 9.78 Å². The molecule has 1 saturated heterocycles. The second-order valence-electron chi connectivity index (χ2n) is 6.09. The van der Waals surface area contributed by atoms with E-state index in [0.717, 1.165) is 24.9 Å². The topological polar surface area (TPSA) is 94.5 Å². The maximum Gasteiger partial charge on any atom is 0.257 e. The number of aromatic nitrogens is 3. The average Bonchev–Trinajstić information content (AvgIpc) is 3.39. The van der Waals surface area contributed by atoms with Crippen LogP contribution in [-0.4, -0.2) is 45.1 Å². The highest BCUT2D eigenvalue weighted by Gasteiger charge is 2.26. The molecule has 4 heterocycles. The molecule has 1 aliphatic heterocycles. The summed E-state index contributed by atoms with van der Waals surface area (Å²) < 4.78 is 16.1. The smallest absolute Gasteiger partial charge is 0.257 e. The Balaban J connectivity index is 1.33. The Morgan fingerprint density at radius 3 is 3.15 bits per heavy atom. The van der Waals surface area contributed by atoms with Crippen molar-refractivity contribution in [1.29, 1.82) is 0 Å². The summed E-state index contributed by atoms with van der Waals surface area (Å²) in [7, 11) is 0. The van der Waals surface area contributed by atoms with Crippen LogP contribution >= 0.6 is 0 Å². The number of nitrogens with zero attached hydrogens (tertiary/aromatic N) is 4. The molecule has 1 aliphatic rings. The maximum absolute atomic E-state index is 12.4. The van der Waals surface area contributed by atoms with Crippen molar-refractivity contribution in [3.05, 3.63) is 54.6 Å². The lowest BCUT2D eigenvalue weighted by Gasteiger charge is -2.32. The number of hydrogen-bond donors (Lipinski definition) is 0. The Labute approximate surface area is 149 Å². The molecule has 0 aliphatic carbocycles. The molecule has 26 heavy (non-hydrogen) atoms. The Morgan fingerprint density at radius 1 is 1.38 bits per heavy atom. The van der Waals surface area contributed by atoms with Gasteiger partial charge >= 0.3 is 0 Å². The molecular weight excluding hydrogens is 336 g/mol. The van der Waals surface area contributed by atoms with E-state index in [1.165, 1.54) is 12.5 Å². The van der Waals surface area contributed by atoms with Gasteiger partial charge in [-0.25, -0.2) is 0 Å². The van der Waals surface area contributed by atoms with Gasteiger partial charge in [0.25, 0.3) is 11.8 Å². The third kappa shape index (κ3) is 3.65. The van der Waals surface area contributed by atoms with Crippen LogP contribution in [0.4, 0.5) is 0 Å². The predicted molar refractivity (Wildman–Crippen MR) is 90.0 cm³/mol. The molecule has 8 nitrogen and oxygen atoms in total. The van der Waals surface area contributed by atoms with Crippen LogP contribution in [0.3, 0.4) is 0 Å². The lowest BCUT2D eigenvalue weighted by Crippen LogP contribution is -2.43. The van der Waals surface area contributed by atoms with Crippen LogP contribution in [0.25, 0.3) is 11.4 Å². The van der Waals surface area contributed by atoms with Gasteiger partial charge in [0.1, 0.15) is 12.9 Å². The average molecular weight is 354 g/mol. The van der Waals surface area contributed by atoms with E-state index >= 15 is 0 Å². The van der Waals surface area contributed by atoms with E-state index < -0.39 is 0 Å². The lowest BCUT2D eigenvalue weighted by atomic mass is 10.1. The molecule has 0 saturated carbocycles. The minimum absolute atomic E-state index is 0.0382. The van der Waals surface area contributed by atoms with Crippen molar-refractivity contribution < 1.29 is 18.5 Å². The van der Waals surface area contributed by atoms with Gasteiger partial charge in [-0.2, -0.15) is 4.98 Å². The quantitative estimate of drug-likeness (QED) is 0.695. The highest BCUT2D eigenvalue weighted by atomic mass is 16.5. The minimum Gasteiger partial charge on any atom is -0.472 e. The molecule has 1 atom stereocenters. The number of carbonyl (C=O) groups is 1. The van der Waals surface area contributed by atoms with Gasteiger partial charge in [0.05, 0.1) is 17.9 Å². The summed E-state index contributed by atoms with van der Waals surface area (Å²) in [6, 6.07) is 5.35.